The van der Waals surface area contributed by atoms with E-state index in [1.165, 1.54) is 7.11 Å². The molecule has 152 valence electrons. The van der Waals surface area contributed by atoms with Crippen LogP contribution in [0.3, 0.4) is 0 Å². The first-order valence-corrected chi connectivity index (χ1v) is 10.2. The van der Waals surface area contributed by atoms with E-state index in [-0.39, 0.29) is 0 Å². The quantitative estimate of drug-likeness (QED) is 0.360. The van der Waals surface area contributed by atoms with Crippen LogP contribution in [-0.4, -0.2) is 32.2 Å². The highest BCUT2D eigenvalue weighted by Gasteiger charge is 2.25. The number of rotatable bonds is 7. The second kappa shape index (κ2) is 8.47. The zero-order chi connectivity index (χ0) is 21.1. The number of thiophene rings is 1. The number of hydrogen-bond acceptors (Lipinski definition) is 5. The highest BCUT2D eigenvalue weighted by Crippen LogP contribution is 2.47. The maximum atomic E-state index is 12.1. The minimum atomic E-state index is 0.442. The number of ether oxygens (including phenoxy) is 3. The van der Waals surface area contributed by atoms with Crippen LogP contribution in [0.25, 0.3) is 28.1 Å². The molecule has 0 atom stereocenters. The molecule has 0 fully saturated rings. The van der Waals surface area contributed by atoms with Gasteiger partial charge in [-0.2, -0.15) is 11.3 Å². The zero-order valence-electron chi connectivity index (χ0n) is 16.9. The fourth-order valence-electron chi connectivity index (χ4n) is 3.58. The van der Waals surface area contributed by atoms with Crippen molar-refractivity contribution in [1.82, 2.24) is 4.57 Å². The number of carbonyl (C=O) groups excluding carboxylic acids is 1. The summed E-state index contributed by atoms with van der Waals surface area (Å²) in [6, 6.07) is 15.9. The van der Waals surface area contributed by atoms with Crippen molar-refractivity contribution < 1.29 is 19.0 Å². The van der Waals surface area contributed by atoms with E-state index in [0.717, 1.165) is 28.8 Å². The molecule has 4 aromatic rings. The number of benzene rings is 2. The third kappa shape index (κ3) is 3.35. The summed E-state index contributed by atoms with van der Waals surface area (Å²) in [4.78, 5) is 12.1. The predicted octanol–water partition coefficient (Wildman–Crippen LogP) is 5.71. The summed E-state index contributed by atoms with van der Waals surface area (Å²) >= 11 is 1.61. The van der Waals surface area contributed by atoms with Gasteiger partial charge in [0, 0.05) is 22.7 Å². The summed E-state index contributed by atoms with van der Waals surface area (Å²) in [6.45, 7) is 0. The molecular formula is C24H21NO4S. The Morgan fingerprint density at radius 3 is 2.27 bits per heavy atom. The average molecular weight is 420 g/mol. The molecule has 5 nitrogen and oxygen atoms in total. The Morgan fingerprint density at radius 2 is 1.67 bits per heavy atom. The predicted molar refractivity (Wildman–Crippen MR) is 120 cm³/mol. The van der Waals surface area contributed by atoms with E-state index < -0.39 is 0 Å². The van der Waals surface area contributed by atoms with Crippen molar-refractivity contribution in [2.45, 2.75) is 0 Å². The highest BCUT2D eigenvalue weighted by molar-refractivity contribution is 7.08. The Kier molecular flexibility index (Phi) is 5.59. The molecule has 6 heteroatoms. The molecular weight excluding hydrogens is 398 g/mol. The van der Waals surface area contributed by atoms with E-state index in [4.69, 9.17) is 14.2 Å². The summed E-state index contributed by atoms with van der Waals surface area (Å²) in [5, 5.41) is 4.08. The van der Waals surface area contributed by atoms with Gasteiger partial charge in [-0.1, -0.05) is 30.3 Å². The highest BCUT2D eigenvalue weighted by atomic mass is 32.1. The molecule has 0 saturated heterocycles. The summed E-state index contributed by atoms with van der Waals surface area (Å²) in [5.41, 5.74) is 5.06. The fourth-order valence-corrected chi connectivity index (χ4v) is 4.21. The Labute approximate surface area is 179 Å². The average Bonchev–Trinajstić information content (AvgIpc) is 3.48. The van der Waals surface area contributed by atoms with Crippen LogP contribution in [-0.2, 0) is 0 Å². The van der Waals surface area contributed by atoms with Gasteiger partial charge in [-0.3, -0.25) is 4.79 Å². The largest absolute Gasteiger partial charge is 0.493 e. The van der Waals surface area contributed by atoms with E-state index in [0.29, 0.717) is 28.4 Å². The first-order chi connectivity index (χ1) is 14.7. The van der Waals surface area contributed by atoms with E-state index in [1.807, 2.05) is 29.6 Å². The molecule has 2 aromatic carbocycles. The van der Waals surface area contributed by atoms with Gasteiger partial charge in [0.15, 0.2) is 17.8 Å². The maximum absolute atomic E-state index is 12.1. The summed E-state index contributed by atoms with van der Waals surface area (Å²) < 4.78 is 18.8. The number of methoxy groups -OCH3 is 3. The molecule has 0 aliphatic heterocycles. The molecule has 0 aliphatic carbocycles. The molecule has 0 N–H and O–H groups in total. The number of aromatic nitrogens is 1. The van der Waals surface area contributed by atoms with Crippen molar-refractivity contribution in [3.63, 3.8) is 0 Å². The van der Waals surface area contributed by atoms with Crippen molar-refractivity contribution in [2.24, 2.45) is 0 Å². The minimum Gasteiger partial charge on any atom is -0.493 e. The Balaban J connectivity index is 2.05. The van der Waals surface area contributed by atoms with Crippen LogP contribution in [0.4, 0.5) is 0 Å². The van der Waals surface area contributed by atoms with Crippen molar-refractivity contribution in [2.75, 3.05) is 21.3 Å². The molecule has 0 bridgehead atoms. The van der Waals surface area contributed by atoms with Gasteiger partial charge >= 0.3 is 0 Å². The molecule has 0 saturated carbocycles. The topological polar surface area (TPSA) is 49.7 Å². The van der Waals surface area contributed by atoms with Crippen LogP contribution in [0.1, 0.15) is 10.4 Å². The molecule has 30 heavy (non-hydrogen) atoms. The number of aldehydes is 1. The van der Waals surface area contributed by atoms with Crippen LogP contribution < -0.4 is 14.2 Å². The van der Waals surface area contributed by atoms with E-state index in [2.05, 4.69) is 34.3 Å². The zero-order valence-corrected chi connectivity index (χ0v) is 17.7. The first kappa shape index (κ1) is 19.8. The van der Waals surface area contributed by atoms with Gasteiger partial charge in [0.25, 0.3) is 0 Å². The number of nitrogens with zero attached hydrogens (tertiary/aromatic N) is 1. The summed E-state index contributed by atoms with van der Waals surface area (Å²) in [6.07, 6.45) is 2.88. The lowest BCUT2D eigenvalue weighted by atomic mass is 10.0. The SMILES string of the molecule is COc1cc(C=O)c(-c2cc(-c3ccccc3)cn2-c2ccsc2)c(OC)c1OC. The van der Waals surface area contributed by atoms with Crippen LogP contribution in [0.15, 0.2) is 65.5 Å². The molecule has 0 amide bonds. The molecule has 0 radical (unpaired) electrons. The Hall–Kier alpha value is -3.51. The van der Waals surface area contributed by atoms with Crippen LogP contribution in [0, 0.1) is 0 Å². The number of hydrogen-bond donors (Lipinski definition) is 0. The van der Waals surface area contributed by atoms with Gasteiger partial charge in [-0.25, -0.2) is 0 Å². The van der Waals surface area contributed by atoms with Gasteiger partial charge in [0.1, 0.15) is 0 Å². The Bertz CT molecular complexity index is 1160. The first-order valence-electron chi connectivity index (χ1n) is 9.30. The molecule has 2 aromatic heterocycles. The molecule has 0 unspecified atom stereocenters. The van der Waals surface area contributed by atoms with Crippen LogP contribution in [0.5, 0.6) is 17.2 Å². The summed E-state index contributed by atoms with van der Waals surface area (Å²) in [5.74, 6) is 1.34. The van der Waals surface area contributed by atoms with Crippen molar-refractivity contribution >= 4 is 17.6 Å². The van der Waals surface area contributed by atoms with Crippen LogP contribution in [0.2, 0.25) is 0 Å². The molecule has 0 spiro atoms. The molecule has 0 aliphatic rings. The molecule has 4 rings (SSSR count). The van der Waals surface area contributed by atoms with Gasteiger partial charge in [0.2, 0.25) is 5.75 Å². The lowest BCUT2D eigenvalue weighted by Gasteiger charge is -2.18. The van der Waals surface area contributed by atoms with Gasteiger partial charge in [0.05, 0.1) is 38.3 Å². The van der Waals surface area contributed by atoms with Gasteiger partial charge in [-0.05, 0) is 29.1 Å². The second-order valence-electron chi connectivity index (χ2n) is 6.56. The monoisotopic (exact) mass is 419 g/mol. The third-order valence-corrected chi connectivity index (χ3v) is 5.63. The van der Waals surface area contributed by atoms with Gasteiger partial charge < -0.3 is 18.8 Å². The van der Waals surface area contributed by atoms with E-state index in [1.54, 1.807) is 31.6 Å². The lowest BCUT2D eigenvalue weighted by Crippen LogP contribution is -2.03. The van der Waals surface area contributed by atoms with Crippen molar-refractivity contribution in [1.29, 1.82) is 0 Å². The normalized spacial score (nSPS) is 10.6. The Morgan fingerprint density at radius 1 is 0.900 bits per heavy atom. The number of carbonyl (C=O) groups is 1. The minimum absolute atomic E-state index is 0.442. The van der Waals surface area contributed by atoms with Crippen molar-refractivity contribution in [3.05, 3.63) is 71.1 Å². The van der Waals surface area contributed by atoms with E-state index in [9.17, 15) is 4.79 Å². The van der Waals surface area contributed by atoms with Gasteiger partial charge in [-0.15, -0.1) is 0 Å². The van der Waals surface area contributed by atoms with Crippen molar-refractivity contribution in [3.8, 4) is 45.3 Å². The maximum Gasteiger partial charge on any atom is 0.204 e. The second-order valence-corrected chi connectivity index (χ2v) is 7.34. The smallest absolute Gasteiger partial charge is 0.204 e. The summed E-state index contributed by atoms with van der Waals surface area (Å²) in [7, 11) is 4.65. The van der Waals surface area contributed by atoms with Crippen LogP contribution >= 0.6 is 11.3 Å². The standard InChI is InChI=1S/C24H21NO4S/c1-27-21-12-18(14-26)22(24(29-3)23(21)28-2)20-11-17(16-7-5-4-6-8-16)13-25(20)19-9-10-30-15-19/h4-15H,1-3H3. The molecule has 2 heterocycles. The third-order valence-electron chi connectivity index (χ3n) is 4.96. The van der Waals surface area contributed by atoms with E-state index >= 15 is 0 Å². The fraction of sp³-hybridized carbons (Fsp3) is 0.125. The lowest BCUT2D eigenvalue weighted by molar-refractivity contribution is 0.112.